The van der Waals surface area contributed by atoms with Crippen LogP contribution in [-0.2, 0) is 28.4 Å². The molecule has 244 valence electrons. The van der Waals surface area contributed by atoms with Gasteiger partial charge in [-0.15, -0.1) is 11.3 Å². The molecule has 7 rings (SSSR count). The van der Waals surface area contributed by atoms with Crippen molar-refractivity contribution < 1.29 is 14.2 Å². The van der Waals surface area contributed by atoms with Gasteiger partial charge in [-0.25, -0.2) is 14.7 Å². The smallest absolute Gasteiger partial charge is 0.217 e. The predicted molar refractivity (Wildman–Crippen MR) is 185 cm³/mol. The number of nitrogens with zero attached hydrogens (tertiary/aromatic N) is 7. The molecule has 10 nitrogen and oxygen atoms in total. The Balaban J connectivity index is 0.943. The molecule has 47 heavy (non-hydrogen) atoms. The van der Waals surface area contributed by atoms with Gasteiger partial charge in [0.15, 0.2) is 4.80 Å². The summed E-state index contributed by atoms with van der Waals surface area (Å²) in [5.41, 5.74) is 4.04. The van der Waals surface area contributed by atoms with Gasteiger partial charge in [-0.1, -0.05) is 35.3 Å². The first kappa shape index (κ1) is 31.7. The molecule has 2 saturated heterocycles. The van der Waals surface area contributed by atoms with E-state index in [0.717, 1.165) is 49.0 Å². The number of piperazine rings is 1. The third-order valence-corrected chi connectivity index (χ3v) is 9.72. The van der Waals surface area contributed by atoms with Gasteiger partial charge in [-0.3, -0.25) is 0 Å². The zero-order valence-electron chi connectivity index (χ0n) is 25.9. The van der Waals surface area contributed by atoms with Gasteiger partial charge in [0.1, 0.15) is 37.7 Å². The van der Waals surface area contributed by atoms with Crippen LogP contribution in [0.4, 0.5) is 17.1 Å². The second-order valence-corrected chi connectivity index (χ2v) is 13.1. The van der Waals surface area contributed by atoms with Crippen molar-refractivity contribution in [1.29, 1.82) is 0 Å². The summed E-state index contributed by atoms with van der Waals surface area (Å²) in [6, 6.07) is 22.0. The lowest BCUT2D eigenvalue weighted by Crippen LogP contribution is -2.46. The highest BCUT2D eigenvalue weighted by Crippen LogP contribution is 2.40. The Labute approximate surface area is 287 Å². The summed E-state index contributed by atoms with van der Waals surface area (Å²) in [5, 5.41) is 7.31. The highest BCUT2D eigenvalue weighted by atomic mass is 35.5. The van der Waals surface area contributed by atoms with Gasteiger partial charge < -0.3 is 28.6 Å². The fourth-order valence-corrected chi connectivity index (χ4v) is 7.31. The molecule has 13 heteroatoms. The Morgan fingerprint density at radius 3 is 2.55 bits per heavy atom. The zero-order valence-corrected chi connectivity index (χ0v) is 28.2. The summed E-state index contributed by atoms with van der Waals surface area (Å²) in [5.74, 6) is -0.377. The lowest BCUT2D eigenvalue weighted by atomic mass is 10.1. The predicted octanol–water partition coefficient (Wildman–Crippen LogP) is 6.37. The monoisotopic (exact) mass is 691 g/mol. The highest BCUT2D eigenvalue weighted by Gasteiger charge is 2.45. The molecule has 2 aromatic heterocycles. The summed E-state index contributed by atoms with van der Waals surface area (Å²) in [6.45, 7) is 7.70. The first-order valence-electron chi connectivity index (χ1n) is 15.6. The molecule has 2 atom stereocenters. The number of anilines is 2. The van der Waals surface area contributed by atoms with Crippen LogP contribution in [0.5, 0.6) is 5.75 Å². The number of halogens is 2. The van der Waals surface area contributed by atoms with E-state index in [9.17, 15) is 0 Å². The number of hydrogen-bond acceptors (Lipinski definition) is 9. The third kappa shape index (κ3) is 7.19. The molecule has 4 heterocycles. The largest absolute Gasteiger partial charge is 0.491 e. The number of rotatable bonds is 10. The number of aromatic nitrogens is 4. The van der Waals surface area contributed by atoms with Crippen LogP contribution in [0, 0.1) is 0 Å². The van der Waals surface area contributed by atoms with E-state index >= 15 is 0 Å². The highest BCUT2D eigenvalue weighted by molar-refractivity contribution is 7.07. The Morgan fingerprint density at radius 1 is 1.00 bits per heavy atom. The number of benzene rings is 3. The molecule has 2 aliphatic heterocycles. The average molecular weight is 693 g/mol. The average Bonchev–Trinajstić information content (AvgIpc) is 3.87. The van der Waals surface area contributed by atoms with Crippen molar-refractivity contribution in [3.05, 3.63) is 111 Å². The fourth-order valence-electron chi connectivity index (χ4n) is 5.94. The Bertz CT molecular complexity index is 1860. The maximum Gasteiger partial charge on any atom is 0.217 e. The molecule has 3 aromatic carbocycles. The third-order valence-electron chi connectivity index (χ3n) is 8.38. The maximum atomic E-state index is 6.59. The second kappa shape index (κ2) is 14.1. The van der Waals surface area contributed by atoms with Crippen molar-refractivity contribution >= 4 is 51.6 Å². The van der Waals surface area contributed by atoms with E-state index in [1.54, 1.807) is 34.5 Å². The first-order chi connectivity index (χ1) is 23.0. The van der Waals surface area contributed by atoms with E-state index in [4.69, 9.17) is 42.4 Å². The molecule has 0 amide bonds. The first-order valence-corrected chi connectivity index (χ1v) is 17.2. The minimum absolute atomic E-state index is 0.279. The summed E-state index contributed by atoms with van der Waals surface area (Å²) in [4.78, 5) is 14.8. The summed E-state index contributed by atoms with van der Waals surface area (Å²) >= 11 is 14.4. The minimum Gasteiger partial charge on any atom is -0.491 e. The summed E-state index contributed by atoms with van der Waals surface area (Å²) in [6.07, 6.45) is 4.85. The van der Waals surface area contributed by atoms with Crippen molar-refractivity contribution in [2.75, 3.05) is 49.2 Å². The van der Waals surface area contributed by atoms with E-state index in [2.05, 4.69) is 79.3 Å². The van der Waals surface area contributed by atoms with Crippen molar-refractivity contribution in [3.63, 3.8) is 0 Å². The van der Waals surface area contributed by atoms with Gasteiger partial charge in [0, 0.05) is 66.3 Å². The van der Waals surface area contributed by atoms with Crippen LogP contribution in [0.1, 0.15) is 12.5 Å². The molecule has 0 N–H and O–H groups in total. The van der Waals surface area contributed by atoms with Crippen LogP contribution in [0.3, 0.4) is 0 Å². The number of hydrogen-bond donors (Lipinski definition) is 0. The molecule has 0 spiro atoms. The summed E-state index contributed by atoms with van der Waals surface area (Å²) < 4.78 is 22.7. The molecule has 0 saturated carbocycles. The second-order valence-electron chi connectivity index (χ2n) is 11.4. The lowest BCUT2D eigenvalue weighted by molar-refractivity contribution is -0.190. The Kier molecular flexibility index (Phi) is 9.51. The molecule has 0 radical (unpaired) electrons. The molecule has 5 aromatic rings. The summed E-state index contributed by atoms with van der Waals surface area (Å²) in [7, 11) is 0. The van der Waals surface area contributed by atoms with Crippen LogP contribution < -0.4 is 19.3 Å². The van der Waals surface area contributed by atoms with Crippen molar-refractivity contribution in [2.45, 2.75) is 31.9 Å². The Hall–Kier alpha value is -3.87. The van der Waals surface area contributed by atoms with E-state index in [1.165, 1.54) is 17.7 Å². The standard InChI is InChI=1S/C34H35Cl2N7O3S/c1-2-40-16-17-47-33(40)39-26-4-3-5-28(19-26)42-14-12-41(13-15-42)27-7-9-29(10-8-27)44-20-30-21-45-34(46-30,22-43-24-37-23-38-43)31-11-6-25(35)18-32(31)36/h3-11,16-19,23-24,30H,2,12-15,20-22H2,1H3. The van der Waals surface area contributed by atoms with Gasteiger partial charge >= 0.3 is 0 Å². The molecule has 2 fully saturated rings. The van der Waals surface area contributed by atoms with Crippen LogP contribution in [-0.4, -0.2) is 64.8 Å². The van der Waals surface area contributed by atoms with E-state index < -0.39 is 5.79 Å². The molecule has 0 aliphatic carbocycles. The van der Waals surface area contributed by atoms with E-state index in [1.807, 2.05) is 18.2 Å². The lowest BCUT2D eigenvalue weighted by Gasteiger charge is -2.37. The maximum absolute atomic E-state index is 6.59. The van der Waals surface area contributed by atoms with E-state index in [-0.39, 0.29) is 12.6 Å². The normalized spacial score (nSPS) is 20.2. The SMILES string of the molecule is CCn1ccsc1=Nc1cccc(N2CCN(c3ccc(OCC4COC(Cn5cncn5)(c5ccc(Cl)cc5Cl)O4)cc3)CC2)c1. The molecule has 2 unspecified atom stereocenters. The number of aryl methyl sites for hydroxylation is 1. The van der Waals surface area contributed by atoms with Crippen LogP contribution >= 0.6 is 34.5 Å². The minimum atomic E-state index is -1.15. The van der Waals surface area contributed by atoms with Gasteiger partial charge in [0.25, 0.3) is 0 Å². The molecule has 0 bridgehead atoms. The molecular formula is C34H35Cl2N7O3S. The van der Waals surface area contributed by atoms with Gasteiger partial charge in [-0.05, 0) is 61.5 Å². The Morgan fingerprint density at radius 2 is 1.81 bits per heavy atom. The topological polar surface area (TPSA) is 82.2 Å². The van der Waals surface area contributed by atoms with Crippen LogP contribution in [0.2, 0.25) is 10.0 Å². The van der Waals surface area contributed by atoms with Gasteiger partial charge in [0.05, 0.1) is 17.3 Å². The van der Waals surface area contributed by atoms with Crippen LogP contribution in [0.15, 0.2) is 96.0 Å². The zero-order chi connectivity index (χ0) is 32.2. The van der Waals surface area contributed by atoms with Crippen LogP contribution in [0.25, 0.3) is 0 Å². The molecule has 2 aliphatic rings. The van der Waals surface area contributed by atoms with Gasteiger partial charge in [-0.2, -0.15) is 5.10 Å². The fraction of sp³-hybridized carbons (Fsp3) is 0.324. The molecular weight excluding hydrogens is 657 g/mol. The quantitative estimate of drug-likeness (QED) is 0.168. The van der Waals surface area contributed by atoms with Crippen molar-refractivity contribution in [3.8, 4) is 5.75 Å². The van der Waals surface area contributed by atoms with Crippen molar-refractivity contribution in [1.82, 2.24) is 19.3 Å². The van der Waals surface area contributed by atoms with E-state index in [0.29, 0.717) is 28.8 Å². The van der Waals surface area contributed by atoms with Gasteiger partial charge in [0.2, 0.25) is 5.79 Å². The number of ether oxygens (including phenoxy) is 3. The van der Waals surface area contributed by atoms with Crippen molar-refractivity contribution in [2.24, 2.45) is 4.99 Å². The number of thiazole rings is 1.